The molecule has 2 aromatic carbocycles. The number of rotatable bonds is 3. The molecule has 6 heteroatoms. The van der Waals surface area contributed by atoms with E-state index in [1.807, 2.05) is 49.4 Å². The third kappa shape index (κ3) is 2.93. The van der Waals surface area contributed by atoms with Crippen molar-refractivity contribution in [2.45, 2.75) is 19.9 Å². The Morgan fingerprint density at radius 2 is 1.96 bits per heavy atom. The van der Waals surface area contributed by atoms with Gasteiger partial charge in [-0.2, -0.15) is 0 Å². The Bertz CT molecular complexity index is 921. The Morgan fingerprint density at radius 3 is 2.84 bits per heavy atom. The number of aromatic nitrogens is 2. The molecule has 0 amide bonds. The van der Waals surface area contributed by atoms with Crippen LogP contribution in [-0.2, 0) is 6.54 Å². The van der Waals surface area contributed by atoms with E-state index in [9.17, 15) is 0 Å². The van der Waals surface area contributed by atoms with Crippen LogP contribution in [0.25, 0.3) is 11.0 Å². The largest absolute Gasteiger partial charge is 0.492 e. The SMILES string of the molecule is CCOc1ccccc1NC(=S)N1CCCn2c1nc1ccccc12. The molecule has 1 aliphatic rings. The number of nitrogens with zero attached hydrogens (tertiary/aromatic N) is 3. The molecular formula is C19H20N4OS. The van der Waals surface area contributed by atoms with Gasteiger partial charge in [0, 0.05) is 13.1 Å². The molecule has 0 bridgehead atoms. The highest BCUT2D eigenvalue weighted by atomic mass is 32.1. The molecule has 4 rings (SSSR count). The molecule has 128 valence electrons. The van der Waals surface area contributed by atoms with Gasteiger partial charge in [0.1, 0.15) is 5.75 Å². The van der Waals surface area contributed by atoms with Crippen LogP contribution in [0, 0.1) is 0 Å². The summed E-state index contributed by atoms with van der Waals surface area (Å²) in [4.78, 5) is 6.86. The van der Waals surface area contributed by atoms with Crippen LogP contribution in [0.1, 0.15) is 13.3 Å². The lowest BCUT2D eigenvalue weighted by Gasteiger charge is -2.30. The molecule has 3 aromatic rings. The summed E-state index contributed by atoms with van der Waals surface area (Å²) in [6, 6.07) is 16.1. The lowest BCUT2D eigenvalue weighted by Crippen LogP contribution is -2.40. The molecular weight excluding hydrogens is 332 g/mol. The molecule has 0 radical (unpaired) electrons. The Labute approximate surface area is 152 Å². The van der Waals surface area contributed by atoms with Crippen molar-refractivity contribution in [2.24, 2.45) is 0 Å². The zero-order valence-corrected chi connectivity index (χ0v) is 14.9. The van der Waals surface area contributed by atoms with Crippen molar-refractivity contribution in [1.82, 2.24) is 9.55 Å². The van der Waals surface area contributed by atoms with Gasteiger partial charge in [0.25, 0.3) is 0 Å². The molecule has 0 fully saturated rings. The standard InChI is InChI=1S/C19H20N4OS/c1-2-24-17-11-6-4-9-15(17)21-19(25)23-13-7-12-22-16-10-5-3-8-14(16)20-18(22)23/h3-6,8-11H,2,7,12-13H2,1H3,(H,21,25). The summed E-state index contributed by atoms with van der Waals surface area (Å²) in [5.41, 5.74) is 3.03. The number of anilines is 2. The van der Waals surface area contributed by atoms with Crippen LogP contribution in [0.3, 0.4) is 0 Å². The summed E-state index contributed by atoms with van der Waals surface area (Å²) in [7, 11) is 0. The van der Waals surface area contributed by atoms with Gasteiger partial charge in [0.15, 0.2) is 5.11 Å². The average molecular weight is 352 g/mol. The zero-order chi connectivity index (χ0) is 17.2. The molecule has 1 aliphatic heterocycles. The van der Waals surface area contributed by atoms with Crippen LogP contribution in [-0.4, -0.2) is 27.8 Å². The molecule has 5 nitrogen and oxygen atoms in total. The predicted molar refractivity (Wildman–Crippen MR) is 106 cm³/mol. The lowest BCUT2D eigenvalue weighted by atomic mass is 10.3. The van der Waals surface area contributed by atoms with Gasteiger partial charge in [-0.15, -0.1) is 0 Å². The van der Waals surface area contributed by atoms with Gasteiger partial charge in [-0.25, -0.2) is 4.98 Å². The first kappa shape index (κ1) is 15.9. The number of thiocarbonyl (C=S) groups is 1. The first-order valence-corrected chi connectivity index (χ1v) is 8.94. The molecule has 0 spiro atoms. The van der Waals surface area contributed by atoms with E-state index in [1.54, 1.807) is 0 Å². The van der Waals surface area contributed by atoms with Crippen molar-refractivity contribution in [2.75, 3.05) is 23.4 Å². The highest BCUT2D eigenvalue weighted by Crippen LogP contribution is 2.29. The fourth-order valence-electron chi connectivity index (χ4n) is 3.20. The summed E-state index contributed by atoms with van der Waals surface area (Å²) in [5, 5.41) is 3.97. The number of hydrogen-bond acceptors (Lipinski definition) is 3. The fourth-order valence-corrected chi connectivity index (χ4v) is 3.49. The molecule has 0 atom stereocenters. The van der Waals surface area contributed by atoms with E-state index in [-0.39, 0.29) is 0 Å². The highest BCUT2D eigenvalue weighted by Gasteiger charge is 2.24. The quantitative estimate of drug-likeness (QED) is 0.721. The number of aryl methyl sites for hydroxylation is 1. The van der Waals surface area contributed by atoms with E-state index in [1.165, 1.54) is 0 Å². The third-order valence-corrected chi connectivity index (χ3v) is 4.64. The summed E-state index contributed by atoms with van der Waals surface area (Å²) < 4.78 is 7.92. The number of imidazole rings is 1. The Balaban J connectivity index is 1.64. The normalized spacial score (nSPS) is 13.6. The lowest BCUT2D eigenvalue weighted by molar-refractivity contribution is 0.342. The van der Waals surface area contributed by atoms with E-state index in [4.69, 9.17) is 21.9 Å². The number of benzene rings is 2. The average Bonchev–Trinajstić information content (AvgIpc) is 3.02. The van der Waals surface area contributed by atoms with Crippen LogP contribution >= 0.6 is 12.2 Å². The molecule has 1 N–H and O–H groups in total. The van der Waals surface area contributed by atoms with Crippen molar-refractivity contribution in [3.8, 4) is 5.75 Å². The van der Waals surface area contributed by atoms with E-state index < -0.39 is 0 Å². The summed E-state index contributed by atoms with van der Waals surface area (Å²) in [5.74, 6) is 1.71. The predicted octanol–water partition coefficient (Wildman–Crippen LogP) is 4.04. The summed E-state index contributed by atoms with van der Waals surface area (Å²) in [6.45, 7) is 4.41. The minimum absolute atomic E-state index is 0.616. The van der Waals surface area contributed by atoms with E-state index in [2.05, 4.69) is 20.9 Å². The van der Waals surface area contributed by atoms with Gasteiger partial charge >= 0.3 is 0 Å². The first-order valence-electron chi connectivity index (χ1n) is 8.53. The number of fused-ring (bicyclic) bond motifs is 3. The fraction of sp³-hybridized carbons (Fsp3) is 0.263. The maximum absolute atomic E-state index is 5.69. The van der Waals surface area contributed by atoms with Crippen molar-refractivity contribution in [1.29, 1.82) is 0 Å². The molecule has 1 aromatic heterocycles. The van der Waals surface area contributed by atoms with Crippen molar-refractivity contribution >= 4 is 40.0 Å². The van der Waals surface area contributed by atoms with Crippen LogP contribution in [0.15, 0.2) is 48.5 Å². The van der Waals surface area contributed by atoms with Gasteiger partial charge in [-0.3, -0.25) is 4.90 Å². The van der Waals surface area contributed by atoms with Crippen molar-refractivity contribution in [3.05, 3.63) is 48.5 Å². The number of para-hydroxylation sites is 4. The maximum atomic E-state index is 5.69. The second kappa shape index (κ2) is 6.72. The van der Waals surface area contributed by atoms with Gasteiger partial charge in [-0.1, -0.05) is 24.3 Å². The van der Waals surface area contributed by atoms with Gasteiger partial charge < -0.3 is 14.6 Å². The van der Waals surface area contributed by atoms with E-state index >= 15 is 0 Å². The number of nitrogens with one attached hydrogen (secondary N) is 1. The first-order chi connectivity index (χ1) is 12.3. The Morgan fingerprint density at radius 1 is 1.16 bits per heavy atom. The van der Waals surface area contributed by atoms with Crippen LogP contribution in [0.2, 0.25) is 0 Å². The van der Waals surface area contributed by atoms with Crippen molar-refractivity contribution < 1.29 is 4.74 Å². The molecule has 0 aliphatic carbocycles. The molecule has 0 saturated heterocycles. The molecule has 0 saturated carbocycles. The Hall–Kier alpha value is -2.60. The summed E-state index contributed by atoms with van der Waals surface area (Å²) >= 11 is 5.69. The van der Waals surface area contributed by atoms with E-state index in [0.717, 1.165) is 47.9 Å². The summed E-state index contributed by atoms with van der Waals surface area (Å²) in [6.07, 6.45) is 1.03. The zero-order valence-electron chi connectivity index (χ0n) is 14.1. The second-order valence-electron chi connectivity index (χ2n) is 5.92. The topological polar surface area (TPSA) is 42.3 Å². The Kier molecular flexibility index (Phi) is 4.28. The van der Waals surface area contributed by atoms with Gasteiger partial charge in [0.2, 0.25) is 5.95 Å². The number of hydrogen-bond donors (Lipinski definition) is 1. The minimum Gasteiger partial charge on any atom is -0.492 e. The highest BCUT2D eigenvalue weighted by molar-refractivity contribution is 7.80. The van der Waals surface area contributed by atoms with Crippen LogP contribution < -0.4 is 15.0 Å². The van der Waals surface area contributed by atoms with E-state index in [0.29, 0.717) is 11.7 Å². The second-order valence-corrected chi connectivity index (χ2v) is 6.30. The van der Waals surface area contributed by atoms with Crippen LogP contribution in [0.4, 0.5) is 11.6 Å². The molecule has 25 heavy (non-hydrogen) atoms. The van der Waals surface area contributed by atoms with Crippen molar-refractivity contribution in [3.63, 3.8) is 0 Å². The van der Waals surface area contributed by atoms with Crippen LogP contribution in [0.5, 0.6) is 5.75 Å². The number of ether oxygens (including phenoxy) is 1. The third-order valence-electron chi connectivity index (χ3n) is 4.31. The van der Waals surface area contributed by atoms with Gasteiger partial charge in [0.05, 0.1) is 23.3 Å². The monoisotopic (exact) mass is 352 g/mol. The maximum Gasteiger partial charge on any atom is 0.212 e. The molecule has 2 heterocycles. The van der Waals surface area contributed by atoms with Gasteiger partial charge in [-0.05, 0) is 49.8 Å². The molecule has 0 unspecified atom stereocenters. The smallest absolute Gasteiger partial charge is 0.212 e. The minimum atomic E-state index is 0.616.